The minimum Gasteiger partial charge on any atom is -0.395 e. The van der Waals surface area contributed by atoms with Gasteiger partial charge in [0.1, 0.15) is 0 Å². The molecule has 0 aromatic carbocycles. The number of amides is 1. The topological polar surface area (TPSA) is 49.3 Å². The number of aryl methyl sites for hydroxylation is 1. The van der Waals surface area contributed by atoms with Crippen molar-refractivity contribution < 1.29 is 9.90 Å². The summed E-state index contributed by atoms with van der Waals surface area (Å²) in [5.41, 5.74) is 1.03. The van der Waals surface area contributed by atoms with Crippen LogP contribution in [0.4, 0.5) is 0 Å². The first-order chi connectivity index (χ1) is 8.70. The first-order valence-electron chi connectivity index (χ1n) is 6.21. The molecule has 1 heterocycles. The van der Waals surface area contributed by atoms with Crippen molar-refractivity contribution in [3.8, 4) is 11.8 Å². The molecule has 1 fully saturated rings. The van der Waals surface area contributed by atoms with Gasteiger partial charge in [-0.05, 0) is 37.8 Å². The van der Waals surface area contributed by atoms with Gasteiger partial charge < -0.3 is 10.4 Å². The Morgan fingerprint density at radius 2 is 2.39 bits per heavy atom. The molecule has 0 atom stereocenters. The number of nitrogens with one attached hydrogen (secondary N) is 1. The first kappa shape index (κ1) is 13.1. The Bertz CT molecular complexity index is 492. The number of hydrogen-bond acceptors (Lipinski definition) is 3. The fourth-order valence-corrected chi connectivity index (χ4v) is 2.68. The molecule has 3 nitrogen and oxygen atoms in total. The van der Waals surface area contributed by atoms with Gasteiger partial charge in [-0.3, -0.25) is 4.79 Å². The van der Waals surface area contributed by atoms with E-state index >= 15 is 0 Å². The van der Waals surface area contributed by atoms with Crippen molar-refractivity contribution in [2.24, 2.45) is 0 Å². The van der Waals surface area contributed by atoms with Crippen molar-refractivity contribution in [1.82, 2.24) is 5.32 Å². The summed E-state index contributed by atoms with van der Waals surface area (Å²) < 4.78 is 0. The maximum atomic E-state index is 12.0. The molecule has 1 aliphatic carbocycles. The summed E-state index contributed by atoms with van der Waals surface area (Å²) in [7, 11) is 0. The van der Waals surface area contributed by atoms with Gasteiger partial charge in [-0.15, -0.1) is 11.3 Å². The van der Waals surface area contributed by atoms with E-state index < -0.39 is 0 Å². The second-order valence-electron chi connectivity index (χ2n) is 4.50. The number of hydrogen-bond donors (Lipinski definition) is 2. The summed E-state index contributed by atoms with van der Waals surface area (Å²) in [6.45, 7) is 2.03. The van der Waals surface area contributed by atoms with Gasteiger partial charge in [0.2, 0.25) is 0 Å². The molecule has 1 aromatic rings. The first-order valence-corrected chi connectivity index (χ1v) is 7.03. The lowest BCUT2D eigenvalue weighted by Gasteiger charge is -2.25. The molecule has 1 saturated carbocycles. The maximum Gasteiger partial charge on any atom is 0.261 e. The van der Waals surface area contributed by atoms with Gasteiger partial charge in [-0.25, -0.2) is 0 Å². The number of thiophene rings is 1. The van der Waals surface area contributed by atoms with Gasteiger partial charge in [-0.2, -0.15) is 0 Å². The smallest absolute Gasteiger partial charge is 0.261 e. The van der Waals surface area contributed by atoms with Crippen LogP contribution in [0.3, 0.4) is 0 Å². The number of rotatable bonds is 3. The van der Waals surface area contributed by atoms with Crippen LogP contribution in [0.15, 0.2) is 6.07 Å². The van der Waals surface area contributed by atoms with Gasteiger partial charge in [0.25, 0.3) is 5.91 Å². The monoisotopic (exact) mass is 263 g/mol. The lowest BCUT2D eigenvalue weighted by atomic mass is 9.93. The third-order valence-corrected chi connectivity index (χ3v) is 4.17. The summed E-state index contributed by atoms with van der Waals surface area (Å²) >= 11 is 1.43. The number of carbonyl (C=O) groups is 1. The molecule has 4 heteroatoms. The summed E-state index contributed by atoms with van der Waals surface area (Å²) in [4.78, 5) is 13.6. The molecule has 18 heavy (non-hydrogen) atoms. The minimum atomic E-state index is 0.0167. The van der Waals surface area contributed by atoms with Crippen LogP contribution < -0.4 is 5.32 Å². The molecule has 1 aromatic heterocycles. The molecule has 1 aliphatic rings. The van der Waals surface area contributed by atoms with Crippen LogP contribution in [0.2, 0.25) is 0 Å². The Balaban J connectivity index is 2.03. The van der Waals surface area contributed by atoms with E-state index in [1.165, 1.54) is 17.8 Å². The predicted molar refractivity (Wildman–Crippen MR) is 72.7 cm³/mol. The van der Waals surface area contributed by atoms with E-state index in [1.807, 2.05) is 13.0 Å². The highest BCUT2D eigenvalue weighted by molar-refractivity contribution is 7.14. The Morgan fingerprint density at radius 1 is 1.61 bits per heavy atom. The summed E-state index contributed by atoms with van der Waals surface area (Å²) in [5, 5.41) is 11.7. The number of carbonyl (C=O) groups excluding carboxylic acids is 1. The summed E-state index contributed by atoms with van der Waals surface area (Å²) in [6.07, 6.45) is 3.88. The molecular formula is C14H17NO2S. The van der Waals surface area contributed by atoms with E-state index in [1.54, 1.807) is 0 Å². The van der Waals surface area contributed by atoms with E-state index in [2.05, 4.69) is 17.2 Å². The Morgan fingerprint density at radius 3 is 3.00 bits per heavy atom. The largest absolute Gasteiger partial charge is 0.395 e. The highest BCUT2D eigenvalue weighted by Crippen LogP contribution is 2.23. The van der Waals surface area contributed by atoms with E-state index in [4.69, 9.17) is 5.11 Å². The zero-order valence-electron chi connectivity index (χ0n) is 10.5. The van der Waals surface area contributed by atoms with Crippen molar-refractivity contribution in [2.75, 3.05) is 6.61 Å². The zero-order chi connectivity index (χ0) is 13.0. The lowest BCUT2D eigenvalue weighted by molar-refractivity contribution is 0.0921. The van der Waals surface area contributed by atoms with Crippen LogP contribution in [-0.4, -0.2) is 23.7 Å². The Labute approximate surface area is 111 Å². The Kier molecular flexibility index (Phi) is 4.40. The van der Waals surface area contributed by atoms with Crippen molar-refractivity contribution in [1.29, 1.82) is 0 Å². The predicted octanol–water partition coefficient (Wildman–Crippen LogP) is 2.07. The molecule has 0 radical (unpaired) electrons. The number of aliphatic hydroxyl groups excluding tert-OH is 1. The SMILES string of the molecule is Cc1cc(C(=O)NC2CCC2)sc1C#CCCO. The van der Waals surface area contributed by atoms with E-state index in [0.717, 1.165) is 28.2 Å². The zero-order valence-corrected chi connectivity index (χ0v) is 11.3. The van der Waals surface area contributed by atoms with Gasteiger partial charge in [0.05, 0.1) is 16.4 Å². The molecule has 96 valence electrons. The quantitative estimate of drug-likeness (QED) is 0.820. The third kappa shape index (κ3) is 3.12. The Hall–Kier alpha value is -1.31. The van der Waals surface area contributed by atoms with Gasteiger partial charge in [0, 0.05) is 12.5 Å². The molecule has 0 bridgehead atoms. The van der Waals surface area contributed by atoms with E-state index in [9.17, 15) is 4.79 Å². The van der Waals surface area contributed by atoms with Crippen LogP contribution >= 0.6 is 11.3 Å². The molecule has 0 spiro atoms. The van der Waals surface area contributed by atoms with Crippen LogP contribution in [0.25, 0.3) is 0 Å². The standard InChI is InChI=1S/C14H17NO2S/c1-10-9-13(14(17)15-11-5-4-6-11)18-12(10)7-2-3-8-16/h9,11,16H,3-6,8H2,1H3,(H,15,17). The fraction of sp³-hybridized carbons (Fsp3) is 0.500. The van der Waals surface area contributed by atoms with Crippen LogP contribution in [0.5, 0.6) is 0 Å². The molecule has 0 unspecified atom stereocenters. The fourth-order valence-electron chi connectivity index (χ4n) is 1.73. The molecule has 2 rings (SSSR count). The normalized spacial score (nSPS) is 14.6. The second-order valence-corrected chi connectivity index (χ2v) is 5.55. The summed E-state index contributed by atoms with van der Waals surface area (Å²) in [5.74, 6) is 5.90. The molecular weight excluding hydrogens is 246 g/mol. The lowest BCUT2D eigenvalue weighted by Crippen LogP contribution is -2.39. The van der Waals surface area contributed by atoms with Crippen LogP contribution in [-0.2, 0) is 0 Å². The van der Waals surface area contributed by atoms with Crippen LogP contribution in [0.1, 0.15) is 45.8 Å². The molecule has 0 saturated heterocycles. The van der Waals surface area contributed by atoms with Crippen LogP contribution in [0, 0.1) is 18.8 Å². The van der Waals surface area contributed by atoms with Gasteiger partial charge in [0.15, 0.2) is 0 Å². The maximum absolute atomic E-state index is 12.0. The molecule has 1 amide bonds. The van der Waals surface area contributed by atoms with Crippen molar-refractivity contribution in [3.63, 3.8) is 0 Å². The highest BCUT2D eigenvalue weighted by atomic mass is 32.1. The molecule has 0 aliphatic heterocycles. The van der Waals surface area contributed by atoms with Crippen molar-refractivity contribution >= 4 is 17.2 Å². The molecule has 2 N–H and O–H groups in total. The van der Waals surface area contributed by atoms with Gasteiger partial charge in [-0.1, -0.05) is 11.8 Å². The number of aliphatic hydroxyl groups is 1. The minimum absolute atomic E-state index is 0.0167. The van der Waals surface area contributed by atoms with E-state index in [0.29, 0.717) is 12.5 Å². The average Bonchev–Trinajstić information content (AvgIpc) is 2.66. The van der Waals surface area contributed by atoms with Gasteiger partial charge >= 0.3 is 0 Å². The highest BCUT2D eigenvalue weighted by Gasteiger charge is 2.21. The van der Waals surface area contributed by atoms with Crippen molar-refractivity contribution in [2.45, 2.75) is 38.6 Å². The third-order valence-electron chi connectivity index (χ3n) is 3.02. The second kappa shape index (κ2) is 6.03. The van der Waals surface area contributed by atoms with E-state index in [-0.39, 0.29) is 12.5 Å². The summed E-state index contributed by atoms with van der Waals surface area (Å²) in [6, 6.07) is 2.26. The average molecular weight is 263 g/mol. The van der Waals surface area contributed by atoms with Crippen molar-refractivity contribution in [3.05, 3.63) is 21.4 Å².